The van der Waals surface area contributed by atoms with Crippen LogP contribution in [0.15, 0.2) is 17.0 Å². The van der Waals surface area contributed by atoms with Crippen molar-refractivity contribution in [3.63, 3.8) is 0 Å². The molecule has 0 aliphatic heterocycles. The Morgan fingerprint density at radius 2 is 1.90 bits per heavy atom. The van der Waals surface area contributed by atoms with Gasteiger partial charge < -0.3 is 10.8 Å². The first kappa shape index (κ1) is 17.9. The Kier molecular flexibility index (Phi) is 6.12. The predicted molar refractivity (Wildman–Crippen MR) is 80.8 cm³/mol. The van der Waals surface area contributed by atoms with E-state index in [1.54, 1.807) is 0 Å². The van der Waals surface area contributed by atoms with Gasteiger partial charge in [0, 0.05) is 17.8 Å². The van der Waals surface area contributed by atoms with Crippen molar-refractivity contribution in [1.29, 1.82) is 0 Å². The predicted octanol–water partition coefficient (Wildman–Crippen LogP) is 1.79. The molecule has 1 atom stereocenters. The van der Waals surface area contributed by atoms with Gasteiger partial charge in [-0.3, -0.25) is 0 Å². The van der Waals surface area contributed by atoms with E-state index in [-0.39, 0.29) is 28.6 Å². The molecule has 1 unspecified atom stereocenters. The maximum absolute atomic E-state index is 13.6. The van der Waals surface area contributed by atoms with Crippen LogP contribution in [0.2, 0.25) is 0 Å². The lowest BCUT2D eigenvalue weighted by atomic mass is 9.97. The zero-order valence-electron chi connectivity index (χ0n) is 12.6. The van der Waals surface area contributed by atoms with Gasteiger partial charge in [-0.15, -0.1) is 0 Å². The summed E-state index contributed by atoms with van der Waals surface area (Å²) in [5, 5.41) is 9.95. The first-order valence-corrected chi connectivity index (χ1v) is 8.44. The molecule has 0 heterocycles. The highest BCUT2D eigenvalue weighted by Gasteiger charge is 2.21. The molecule has 1 rings (SSSR count). The van der Waals surface area contributed by atoms with Gasteiger partial charge in [0.25, 0.3) is 0 Å². The number of nitrogens with one attached hydrogen (secondary N) is 1. The van der Waals surface area contributed by atoms with Crippen LogP contribution in [0.3, 0.4) is 0 Å². The Morgan fingerprint density at radius 3 is 2.38 bits per heavy atom. The number of aliphatic hydroxyl groups is 1. The number of halogens is 1. The molecule has 7 heteroatoms. The molecule has 0 fully saturated rings. The van der Waals surface area contributed by atoms with Crippen molar-refractivity contribution in [3.8, 4) is 0 Å². The topological polar surface area (TPSA) is 92.4 Å². The number of anilines is 1. The first-order chi connectivity index (χ1) is 9.72. The number of hydrogen-bond donors (Lipinski definition) is 3. The highest BCUT2D eigenvalue weighted by Crippen LogP contribution is 2.21. The SMILES string of the molecule is CCC(CC)C(O)CNS(=O)(=O)c1cc(N)c(C)c(F)c1. The fraction of sp³-hybridized carbons (Fsp3) is 0.571. The summed E-state index contributed by atoms with van der Waals surface area (Å²) >= 11 is 0. The summed E-state index contributed by atoms with van der Waals surface area (Å²) in [6.45, 7) is 5.24. The van der Waals surface area contributed by atoms with Gasteiger partial charge in [-0.1, -0.05) is 26.7 Å². The van der Waals surface area contributed by atoms with E-state index < -0.39 is 21.9 Å². The number of sulfonamides is 1. The lowest BCUT2D eigenvalue weighted by Crippen LogP contribution is -2.36. The smallest absolute Gasteiger partial charge is 0.240 e. The van der Waals surface area contributed by atoms with Crippen LogP contribution in [0.1, 0.15) is 32.3 Å². The van der Waals surface area contributed by atoms with E-state index >= 15 is 0 Å². The first-order valence-electron chi connectivity index (χ1n) is 6.96. The Labute approximate surface area is 125 Å². The highest BCUT2D eigenvalue weighted by molar-refractivity contribution is 7.89. The van der Waals surface area contributed by atoms with Crippen molar-refractivity contribution in [1.82, 2.24) is 4.72 Å². The van der Waals surface area contributed by atoms with E-state index in [2.05, 4.69) is 4.72 Å². The minimum atomic E-state index is -3.90. The number of hydrogen-bond acceptors (Lipinski definition) is 4. The van der Waals surface area contributed by atoms with Crippen LogP contribution in [0.4, 0.5) is 10.1 Å². The van der Waals surface area contributed by atoms with Gasteiger partial charge in [-0.2, -0.15) is 0 Å². The molecule has 4 N–H and O–H groups in total. The van der Waals surface area contributed by atoms with Gasteiger partial charge in [0.15, 0.2) is 0 Å². The summed E-state index contributed by atoms with van der Waals surface area (Å²) in [4.78, 5) is -0.236. The fourth-order valence-corrected chi connectivity index (χ4v) is 3.20. The fourth-order valence-electron chi connectivity index (χ4n) is 2.11. The molecule has 5 nitrogen and oxygen atoms in total. The average Bonchev–Trinajstić information content (AvgIpc) is 2.43. The molecule has 0 saturated heterocycles. The number of nitrogen functional groups attached to an aromatic ring is 1. The van der Waals surface area contributed by atoms with Crippen LogP contribution >= 0.6 is 0 Å². The van der Waals surface area contributed by atoms with Crippen molar-refractivity contribution < 1.29 is 17.9 Å². The van der Waals surface area contributed by atoms with E-state index in [1.807, 2.05) is 13.8 Å². The second-order valence-electron chi connectivity index (χ2n) is 5.12. The quantitative estimate of drug-likeness (QED) is 0.668. The summed E-state index contributed by atoms with van der Waals surface area (Å²) in [5.41, 5.74) is 5.88. The lowest BCUT2D eigenvalue weighted by molar-refractivity contribution is 0.107. The standard InChI is InChI=1S/C14H23FN2O3S/c1-4-10(5-2)14(18)8-17-21(19,20)11-6-12(15)9(3)13(16)7-11/h6-7,10,14,17-18H,4-5,8,16H2,1-3H3. The van der Waals surface area contributed by atoms with Crippen LogP contribution < -0.4 is 10.5 Å². The summed E-state index contributed by atoms with van der Waals surface area (Å²) < 4.78 is 40.1. The van der Waals surface area contributed by atoms with Crippen molar-refractivity contribution in [2.24, 2.45) is 5.92 Å². The third-order valence-electron chi connectivity index (χ3n) is 3.74. The van der Waals surface area contributed by atoms with Crippen molar-refractivity contribution in [3.05, 3.63) is 23.5 Å². The van der Waals surface area contributed by atoms with Gasteiger partial charge in [0.2, 0.25) is 10.0 Å². The molecule has 0 amide bonds. The third kappa shape index (κ3) is 4.39. The van der Waals surface area contributed by atoms with Gasteiger partial charge >= 0.3 is 0 Å². The van der Waals surface area contributed by atoms with Gasteiger partial charge in [-0.05, 0) is 25.0 Å². The Balaban J connectivity index is 2.88. The molecule has 0 radical (unpaired) electrons. The molecule has 1 aromatic rings. The Hall–Kier alpha value is -1.18. The van der Waals surface area contributed by atoms with Crippen LogP contribution in [-0.2, 0) is 10.0 Å². The van der Waals surface area contributed by atoms with Crippen LogP contribution in [0, 0.1) is 18.7 Å². The zero-order chi connectivity index (χ0) is 16.2. The molecule has 0 saturated carbocycles. The molecule has 0 aliphatic carbocycles. The zero-order valence-corrected chi connectivity index (χ0v) is 13.4. The minimum absolute atomic E-state index is 0.0209. The molecule has 0 spiro atoms. The lowest BCUT2D eigenvalue weighted by Gasteiger charge is -2.20. The number of nitrogens with two attached hydrogens (primary N) is 1. The Bertz CT molecular complexity index is 563. The van der Waals surface area contributed by atoms with E-state index in [0.29, 0.717) is 0 Å². The summed E-state index contributed by atoms with van der Waals surface area (Å²) in [6.07, 6.45) is 0.735. The van der Waals surface area contributed by atoms with Gasteiger partial charge in [0.1, 0.15) is 5.82 Å². The van der Waals surface area contributed by atoms with Gasteiger partial charge in [0.05, 0.1) is 11.0 Å². The average molecular weight is 318 g/mol. The van der Waals surface area contributed by atoms with E-state index in [1.165, 1.54) is 13.0 Å². The van der Waals surface area contributed by atoms with E-state index in [0.717, 1.165) is 18.9 Å². The maximum Gasteiger partial charge on any atom is 0.240 e. The molecule has 21 heavy (non-hydrogen) atoms. The molecule has 0 aliphatic rings. The Morgan fingerprint density at radius 1 is 1.33 bits per heavy atom. The molecule has 1 aromatic carbocycles. The second kappa shape index (κ2) is 7.20. The second-order valence-corrected chi connectivity index (χ2v) is 6.88. The van der Waals surface area contributed by atoms with Gasteiger partial charge in [-0.25, -0.2) is 17.5 Å². The monoisotopic (exact) mass is 318 g/mol. The van der Waals surface area contributed by atoms with Crippen molar-refractivity contribution in [2.75, 3.05) is 12.3 Å². The molecular weight excluding hydrogens is 295 g/mol. The van der Waals surface area contributed by atoms with E-state index in [9.17, 15) is 17.9 Å². The number of benzene rings is 1. The summed E-state index contributed by atoms with van der Waals surface area (Å²) in [7, 11) is -3.90. The molecule has 0 aromatic heterocycles. The van der Waals surface area contributed by atoms with Crippen molar-refractivity contribution in [2.45, 2.75) is 44.6 Å². The van der Waals surface area contributed by atoms with Crippen molar-refractivity contribution >= 4 is 15.7 Å². The van der Waals surface area contributed by atoms with Crippen LogP contribution in [0.25, 0.3) is 0 Å². The maximum atomic E-state index is 13.6. The molecule has 120 valence electrons. The number of rotatable bonds is 7. The molecular formula is C14H23FN2O3S. The minimum Gasteiger partial charge on any atom is -0.398 e. The third-order valence-corrected chi connectivity index (χ3v) is 5.15. The normalized spacial score (nSPS) is 13.6. The highest BCUT2D eigenvalue weighted by atomic mass is 32.2. The summed E-state index contributed by atoms with van der Waals surface area (Å²) in [5.74, 6) is -0.650. The van der Waals surface area contributed by atoms with Crippen LogP contribution in [0.5, 0.6) is 0 Å². The van der Waals surface area contributed by atoms with E-state index in [4.69, 9.17) is 5.73 Å². The molecule has 0 bridgehead atoms. The largest absolute Gasteiger partial charge is 0.398 e. The van der Waals surface area contributed by atoms with Crippen LogP contribution in [-0.4, -0.2) is 26.2 Å². The number of aliphatic hydroxyl groups excluding tert-OH is 1. The summed E-state index contributed by atoms with van der Waals surface area (Å²) in [6, 6.07) is 2.14.